The fourth-order valence-corrected chi connectivity index (χ4v) is 1.62. The third kappa shape index (κ3) is 4.47. The molecule has 0 radical (unpaired) electrons. The molecule has 86 valence electrons. The largest absolute Gasteiger partial charge is 0.333 e. The molecule has 0 amide bonds. The normalized spacial score (nSPS) is 11.2. The molecule has 0 atom stereocenters. The lowest BCUT2D eigenvalue weighted by atomic mass is 10.1. The second-order valence-electron chi connectivity index (χ2n) is 4.39. The fraction of sp³-hybridized carbons (Fsp3) is 0.750. The Morgan fingerprint density at radius 2 is 2.27 bits per heavy atom. The predicted octanol–water partition coefficient (Wildman–Crippen LogP) is 2.43. The summed E-state index contributed by atoms with van der Waals surface area (Å²) < 4.78 is 2.26. The summed E-state index contributed by atoms with van der Waals surface area (Å²) in [6.07, 6.45) is 6.43. The van der Waals surface area contributed by atoms with Crippen molar-refractivity contribution in [2.45, 2.75) is 46.7 Å². The summed E-state index contributed by atoms with van der Waals surface area (Å²) in [6, 6.07) is 0. The van der Waals surface area contributed by atoms with E-state index in [1.165, 1.54) is 18.5 Å². The molecule has 3 nitrogen and oxygen atoms in total. The zero-order chi connectivity index (χ0) is 11.1. The van der Waals surface area contributed by atoms with Crippen molar-refractivity contribution in [2.24, 2.45) is 5.92 Å². The molecule has 3 heteroatoms. The van der Waals surface area contributed by atoms with Crippen molar-refractivity contribution < 1.29 is 0 Å². The summed E-state index contributed by atoms with van der Waals surface area (Å²) in [7, 11) is 0. The minimum atomic E-state index is 0.797. The molecule has 0 fully saturated rings. The van der Waals surface area contributed by atoms with Crippen LogP contribution >= 0.6 is 0 Å². The van der Waals surface area contributed by atoms with Crippen molar-refractivity contribution in [3.8, 4) is 0 Å². The van der Waals surface area contributed by atoms with Crippen molar-refractivity contribution >= 4 is 0 Å². The maximum atomic E-state index is 4.20. The van der Waals surface area contributed by atoms with E-state index in [4.69, 9.17) is 0 Å². The van der Waals surface area contributed by atoms with Crippen molar-refractivity contribution in [3.63, 3.8) is 0 Å². The van der Waals surface area contributed by atoms with E-state index < -0.39 is 0 Å². The fourth-order valence-electron chi connectivity index (χ4n) is 1.62. The topological polar surface area (TPSA) is 29.9 Å². The number of hydrogen-bond acceptors (Lipinski definition) is 2. The van der Waals surface area contributed by atoms with Gasteiger partial charge in [0.15, 0.2) is 0 Å². The highest BCUT2D eigenvalue weighted by Gasteiger charge is 2.01. The van der Waals surface area contributed by atoms with E-state index in [1.54, 1.807) is 0 Å². The Balaban J connectivity index is 2.35. The van der Waals surface area contributed by atoms with Crippen LogP contribution in [0.25, 0.3) is 0 Å². The smallest absolute Gasteiger partial charge is 0.0948 e. The van der Waals surface area contributed by atoms with E-state index in [-0.39, 0.29) is 0 Å². The number of rotatable bonds is 7. The molecular weight excluding hydrogens is 186 g/mol. The van der Waals surface area contributed by atoms with Gasteiger partial charge in [0.1, 0.15) is 0 Å². The third-order valence-corrected chi connectivity index (χ3v) is 2.54. The van der Waals surface area contributed by atoms with Crippen LogP contribution in [0.4, 0.5) is 0 Å². The Kier molecular flexibility index (Phi) is 5.40. The molecule has 0 aliphatic heterocycles. The number of aromatic nitrogens is 2. The Bertz CT molecular complexity index is 266. The highest BCUT2D eigenvalue weighted by Crippen LogP contribution is 2.07. The molecule has 0 bridgehead atoms. The van der Waals surface area contributed by atoms with Crippen LogP contribution in [0.5, 0.6) is 0 Å². The van der Waals surface area contributed by atoms with Gasteiger partial charge in [0.05, 0.1) is 12.0 Å². The average Bonchev–Trinajstić information content (AvgIpc) is 2.62. The van der Waals surface area contributed by atoms with Gasteiger partial charge in [0.25, 0.3) is 0 Å². The summed E-state index contributed by atoms with van der Waals surface area (Å²) in [5, 5.41) is 3.33. The Labute approximate surface area is 92.9 Å². The van der Waals surface area contributed by atoms with Gasteiger partial charge in [-0.15, -0.1) is 0 Å². The zero-order valence-corrected chi connectivity index (χ0v) is 10.2. The van der Waals surface area contributed by atoms with Crippen molar-refractivity contribution in [2.75, 3.05) is 6.54 Å². The van der Waals surface area contributed by atoms with E-state index >= 15 is 0 Å². The summed E-state index contributed by atoms with van der Waals surface area (Å²) >= 11 is 0. The van der Waals surface area contributed by atoms with Gasteiger partial charge in [-0.05, 0) is 25.3 Å². The lowest BCUT2D eigenvalue weighted by Gasteiger charge is -2.09. The molecule has 15 heavy (non-hydrogen) atoms. The molecule has 0 aliphatic rings. The van der Waals surface area contributed by atoms with Crippen LogP contribution in [0.15, 0.2) is 12.5 Å². The van der Waals surface area contributed by atoms with Gasteiger partial charge in [0.2, 0.25) is 0 Å². The molecule has 1 N–H and O–H groups in total. The highest BCUT2D eigenvalue weighted by atomic mass is 15.1. The van der Waals surface area contributed by atoms with Crippen LogP contribution < -0.4 is 5.32 Å². The van der Waals surface area contributed by atoms with Crippen LogP contribution in [-0.2, 0) is 13.1 Å². The zero-order valence-electron chi connectivity index (χ0n) is 10.2. The number of nitrogens with zero attached hydrogens (tertiary/aromatic N) is 2. The standard InChI is InChI=1S/C12H23N3/c1-4-13-8-12-9-14-10-15(12)7-5-6-11(2)3/h9-11,13H,4-8H2,1-3H3. The van der Waals surface area contributed by atoms with Gasteiger partial charge in [-0.25, -0.2) is 4.98 Å². The van der Waals surface area contributed by atoms with Crippen LogP contribution in [0.3, 0.4) is 0 Å². The van der Waals surface area contributed by atoms with Crippen LogP contribution in [0, 0.1) is 5.92 Å². The number of aryl methyl sites for hydroxylation is 1. The first-order chi connectivity index (χ1) is 7.24. The van der Waals surface area contributed by atoms with Gasteiger partial charge in [-0.3, -0.25) is 0 Å². The SMILES string of the molecule is CCNCc1cncn1CCCC(C)C. The molecule has 1 rings (SSSR count). The Morgan fingerprint density at radius 1 is 1.47 bits per heavy atom. The van der Waals surface area contributed by atoms with Crippen molar-refractivity contribution in [3.05, 3.63) is 18.2 Å². The van der Waals surface area contributed by atoms with Gasteiger partial charge in [-0.1, -0.05) is 20.8 Å². The molecule has 1 heterocycles. The second kappa shape index (κ2) is 6.62. The van der Waals surface area contributed by atoms with Gasteiger partial charge < -0.3 is 9.88 Å². The molecule has 0 spiro atoms. The first-order valence-corrected chi connectivity index (χ1v) is 5.93. The molecule has 0 unspecified atom stereocenters. The molecule has 0 saturated carbocycles. The maximum Gasteiger partial charge on any atom is 0.0948 e. The molecule has 0 aliphatic carbocycles. The second-order valence-corrected chi connectivity index (χ2v) is 4.39. The molecule has 1 aromatic heterocycles. The summed E-state index contributed by atoms with van der Waals surface area (Å²) in [5.41, 5.74) is 1.29. The summed E-state index contributed by atoms with van der Waals surface area (Å²) in [5.74, 6) is 0.797. The lowest BCUT2D eigenvalue weighted by Crippen LogP contribution is -2.15. The van der Waals surface area contributed by atoms with E-state index in [9.17, 15) is 0 Å². The summed E-state index contributed by atoms with van der Waals surface area (Å²) in [6.45, 7) is 9.70. The summed E-state index contributed by atoms with van der Waals surface area (Å²) in [4.78, 5) is 4.20. The highest BCUT2D eigenvalue weighted by molar-refractivity contribution is 4.97. The first-order valence-electron chi connectivity index (χ1n) is 5.93. The Morgan fingerprint density at radius 3 is 2.93 bits per heavy atom. The van der Waals surface area contributed by atoms with E-state index in [0.717, 1.165) is 25.6 Å². The van der Waals surface area contributed by atoms with Crippen molar-refractivity contribution in [1.82, 2.24) is 14.9 Å². The first kappa shape index (κ1) is 12.2. The van der Waals surface area contributed by atoms with Gasteiger partial charge in [-0.2, -0.15) is 0 Å². The van der Waals surface area contributed by atoms with E-state index in [2.05, 4.69) is 35.6 Å². The van der Waals surface area contributed by atoms with E-state index in [1.807, 2.05) is 12.5 Å². The number of hydrogen-bond donors (Lipinski definition) is 1. The molecule has 0 saturated heterocycles. The van der Waals surface area contributed by atoms with Crippen molar-refractivity contribution in [1.29, 1.82) is 0 Å². The van der Waals surface area contributed by atoms with Gasteiger partial charge in [0, 0.05) is 19.3 Å². The average molecular weight is 209 g/mol. The van der Waals surface area contributed by atoms with Crippen LogP contribution in [0.2, 0.25) is 0 Å². The molecular formula is C12H23N3. The number of nitrogens with one attached hydrogen (secondary N) is 1. The molecule has 1 aromatic rings. The minimum Gasteiger partial charge on any atom is -0.333 e. The quantitative estimate of drug-likeness (QED) is 0.747. The van der Waals surface area contributed by atoms with E-state index in [0.29, 0.717) is 0 Å². The lowest BCUT2D eigenvalue weighted by molar-refractivity contribution is 0.501. The predicted molar refractivity (Wildman–Crippen MR) is 63.7 cm³/mol. The number of imidazole rings is 1. The maximum absolute atomic E-state index is 4.20. The Hall–Kier alpha value is -0.830. The minimum absolute atomic E-state index is 0.797. The van der Waals surface area contributed by atoms with Crippen LogP contribution in [-0.4, -0.2) is 16.1 Å². The third-order valence-electron chi connectivity index (χ3n) is 2.54. The molecule has 0 aromatic carbocycles. The van der Waals surface area contributed by atoms with Crippen LogP contribution in [0.1, 0.15) is 39.3 Å². The van der Waals surface area contributed by atoms with Gasteiger partial charge >= 0.3 is 0 Å². The monoisotopic (exact) mass is 209 g/mol.